The summed E-state index contributed by atoms with van der Waals surface area (Å²) < 4.78 is 1.94. The number of amides is 3. The van der Waals surface area contributed by atoms with Gasteiger partial charge in [-0.05, 0) is 42.3 Å². The van der Waals surface area contributed by atoms with Crippen LogP contribution in [0.1, 0.15) is 29.3 Å². The molecule has 12 heteroatoms. The highest BCUT2D eigenvalue weighted by molar-refractivity contribution is 7.99. The topological polar surface area (TPSA) is 131 Å². The van der Waals surface area contributed by atoms with Crippen LogP contribution in [0.2, 0.25) is 0 Å². The van der Waals surface area contributed by atoms with Crippen LogP contribution < -0.4 is 5.32 Å². The first-order valence-electron chi connectivity index (χ1n) is 12.8. The van der Waals surface area contributed by atoms with Crippen LogP contribution >= 0.6 is 11.8 Å². The van der Waals surface area contributed by atoms with E-state index in [1.807, 2.05) is 10.8 Å². The van der Waals surface area contributed by atoms with Crippen molar-refractivity contribution in [3.63, 3.8) is 0 Å². The first kappa shape index (κ1) is 28.6. The Morgan fingerprint density at radius 2 is 1.88 bits per heavy atom. The number of aromatic nitrogens is 2. The molecule has 1 fully saturated rings. The molecule has 0 unspecified atom stereocenters. The van der Waals surface area contributed by atoms with Crippen molar-refractivity contribution in [2.45, 2.75) is 29.7 Å². The Labute approximate surface area is 236 Å². The van der Waals surface area contributed by atoms with Crippen LogP contribution in [0.4, 0.5) is 5.69 Å². The molecule has 1 aliphatic rings. The molecule has 0 spiro atoms. The molecule has 11 nitrogen and oxygen atoms in total. The number of hydrogen-bond donors (Lipinski definition) is 1. The zero-order valence-electron chi connectivity index (χ0n) is 22.1. The summed E-state index contributed by atoms with van der Waals surface area (Å²) in [5.74, 6) is -0.433. The maximum atomic E-state index is 12.6. The second-order valence-corrected chi connectivity index (χ2v) is 10.3. The molecule has 0 saturated carbocycles. The number of benzene rings is 2. The average molecular weight is 563 g/mol. The van der Waals surface area contributed by atoms with Gasteiger partial charge in [0.05, 0.1) is 16.1 Å². The standard InChI is InChI=1S/C28H30N6O5S/c1-21(35)32-14-16-33(17-15-32)27(36)9-7-22-6-8-26(25(18-22)34(38)39)40-24-5-2-4-23(19-24)28(37)30-10-3-12-31-13-11-29-20-31/h2,4-9,11,13,18-20H,3,10,12,14-17H2,1H3,(H,30,37)/b9-7+. The predicted molar refractivity (Wildman–Crippen MR) is 151 cm³/mol. The first-order chi connectivity index (χ1) is 19.3. The van der Waals surface area contributed by atoms with Crippen LogP contribution in [0.15, 0.2) is 77.1 Å². The fraction of sp³-hybridized carbons (Fsp3) is 0.286. The summed E-state index contributed by atoms with van der Waals surface area (Å²) in [5.41, 5.74) is 0.900. The molecule has 4 rings (SSSR count). The highest BCUT2D eigenvalue weighted by Gasteiger charge is 2.21. The number of aryl methyl sites for hydroxylation is 1. The molecule has 1 aliphatic heterocycles. The van der Waals surface area contributed by atoms with E-state index in [2.05, 4.69) is 10.3 Å². The lowest BCUT2D eigenvalue weighted by Gasteiger charge is -2.33. The number of nitro benzene ring substituents is 1. The normalized spacial score (nSPS) is 13.4. The van der Waals surface area contributed by atoms with Crippen LogP contribution in [-0.2, 0) is 16.1 Å². The molecule has 3 aromatic rings. The Kier molecular flexibility index (Phi) is 9.68. The predicted octanol–water partition coefficient (Wildman–Crippen LogP) is 3.47. The van der Waals surface area contributed by atoms with Crippen molar-refractivity contribution in [1.82, 2.24) is 24.7 Å². The number of carbonyl (C=O) groups is 3. The van der Waals surface area contributed by atoms with Gasteiger partial charge in [-0.15, -0.1) is 0 Å². The van der Waals surface area contributed by atoms with Crippen molar-refractivity contribution in [2.75, 3.05) is 32.7 Å². The van der Waals surface area contributed by atoms with Gasteiger partial charge in [-0.3, -0.25) is 24.5 Å². The fourth-order valence-electron chi connectivity index (χ4n) is 4.19. The zero-order valence-corrected chi connectivity index (χ0v) is 22.9. The summed E-state index contributed by atoms with van der Waals surface area (Å²) >= 11 is 1.20. The van der Waals surface area contributed by atoms with Gasteiger partial charge in [0.25, 0.3) is 11.6 Å². The Morgan fingerprint density at radius 1 is 1.10 bits per heavy atom. The molecule has 40 heavy (non-hydrogen) atoms. The van der Waals surface area contributed by atoms with E-state index in [1.165, 1.54) is 30.8 Å². The SMILES string of the molecule is CC(=O)N1CCN(C(=O)/C=C/c2ccc(Sc3cccc(C(=O)NCCCn4ccnc4)c3)c([N+](=O)[O-])c2)CC1. The van der Waals surface area contributed by atoms with Gasteiger partial charge >= 0.3 is 0 Å². The summed E-state index contributed by atoms with van der Waals surface area (Å²) in [6.07, 6.45) is 9.01. The van der Waals surface area contributed by atoms with Crippen molar-refractivity contribution >= 4 is 41.2 Å². The van der Waals surface area contributed by atoms with E-state index in [0.717, 1.165) is 13.0 Å². The Morgan fingerprint density at radius 3 is 2.58 bits per heavy atom. The van der Waals surface area contributed by atoms with Crippen molar-refractivity contribution in [3.8, 4) is 0 Å². The smallest absolute Gasteiger partial charge is 0.283 e. The monoisotopic (exact) mass is 562 g/mol. The van der Waals surface area contributed by atoms with Gasteiger partial charge in [-0.2, -0.15) is 0 Å². The minimum atomic E-state index is -0.459. The summed E-state index contributed by atoms with van der Waals surface area (Å²) in [6.45, 7) is 4.63. The highest BCUT2D eigenvalue weighted by Crippen LogP contribution is 2.36. The minimum absolute atomic E-state index is 0.0135. The third kappa shape index (κ3) is 7.79. The molecule has 0 atom stereocenters. The maximum absolute atomic E-state index is 12.6. The lowest BCUT2D eigenvalue weighted by atomic mass is 10.2. The first-order valence-corrected chi connectivity index (χ1v) is 13.6. The zero-order chi connectivity index (χ0) is 28.5. The quantitative estimate of drug-likeness (QED) is 0.173. The van der Waals surface area contributed by atoms with Gasteiger partial charge in [0.1, 0.15) is 0 Å². The summed E-state index contributed by atoms with van der Waals surface area (Å²) in [4.78, 5) is 56.5. The Balaban J connectivity index is 1.36. The summed E-state index contributed by atoms with van der Waals surface area (Å²) in [6, 6.07) is 11.7. The number of nitrogens with zero attached hydrogens (tertiary/aromatic N) is 5. The van der Waals surface area contributed by atoms with Gasteiger partial charge in [-0.1, -0.05) is 23.9 Å². The number of imidazole rings is 1. The van der Waals surface area contributed by atoms with Gasteiger partial charge < -0.3 is 19.7 Å². The van der Waals surface area contributed by atoms with Crippen molar-refractivity contribution in [1.29, 1.82) is 0 Å². The van der Waals surface area contributed by atoms with E-state index in [1.54, 1.807) is 64.8 Å². The largest absolute Gasteiger partial charge is 0.352 e. The molecule has 1 N–H and O–H groups in total. The molecule has 3 amide bonds. The molecule has 2 heterocycles. The van der Waals surface area contributed by atoms with Gasteiger partial charge in [0.2, 0.25) is 11.8 Å². The van der Waals surface area contributed by atoms with Crippen LogP contribution in [0, 0.1) is 10.1 Å². The second kappa shape index (κ2) is 13.6. The van der Waals surface area contributed by atoms with E-state index < -0.39 is 4.92 Å². The van der Waals surface area contributed by atoms with Gasteiger partial charge in [-0.25, -0.2) is 4.98 Å². The number of carbonyl (C=O) groups excluding carboxylic acids is 3. The van der Waals surface area contributed by atoms with Crippen molar-refractivity contribution < 1.29 is 19.3 Å². The van der Waals surface area contributed by atoms with Crippen molar-refractivity contribution in [2.24, 2.45) is 0 Å². The van der Waals surface area contributed by atoms with Crippen LogP contribution in [0.5, 0.6) is 0 Å². The summed E-state index contributed by atoms with van der Waals surface area (Å²) in [5, 5.41) is 14.7. The lowest BCUT2D eigenvalue weighted by Crippen LogP contribution is -2.49. The lowest BCUT2D eigenvalue weighted by molar-refractivity contribution is -0.387. The molecular formula is C28H30N6O5S. The van der Waals surface area contributed by atoms with Crippen LogP contribution in [0.3, 0.4) is 0 Å². The van der Waals surface area contributed by atoms with E-state index in [0.29, 0.717) is 53.6 Å². The average Bonchev–Trinajstić information content (AvgIpc) is 3.48. The highest BCUT2D eigenvalue weighted by atomic mass is 32.2. The molecule has 1 saturated heterocycles. The number of rotatable bonds is 10. The Bertz CT molecular complexity index is 1400. The number of piperazine rings is 1. The van der Waals surface area contributed by atoms with Crippen LogP contribution in [0.25, 0.3) is 6.08 Å². The molecule has 0 radical (unpaired) electrons. The van der Waals surface area contributed by atoms with E-state index in [-0.39, 0.29) is 23.4 Å². The summed E-state index contributed by atoms with van der Waals surface area (Å²) in [7, 11) is 0. The third-order valence-electron chi connectivity index (χ3n) is 6.40. The maximum Gasteiger partial charge on any atom is 0.283 e. The fourth-order valence-corrected chi connectivity index (χ4v) is 5.15. The second-order valence-electron chi connectivity index (χ2n) is 9.19. The Hall–Kier alpha value is -4.45. The van der Waals surface area contributed by atoms with E-state index >= 15 is 0 Å². The van der Waals surface area contributed by atoms with E-state index in [4.69, 9.17) is 0 Å². The van der Waals surface area contributed by atoms with Crippen LogP contribution in [-0.4, -0.2) is 74.7 Å². The van der Waals surface area contributed by atoms with Gasteiger partial charge in [0.15, 0.2) is 0 Å². The molecule has 0 aliphatic carbocycles. The van der Waals surface area contributed by atoms with E-state index in [9.17, 15) is 24.5 Å². The molecule has 208 valence electrons. The number of nitrogens with one attached hydrogen (secondary N) is 1. The molecule has 0 bridgehead atoms. The number of hydrogen-bond acceptors (Lipinski definition) is 7. The third-order valence-corrected chi connectivity index (χ3v) is 7.45. The molecule has 1 aromatic heterocycles. The van der Waals surface area contributed by atoms with Gasteiger partial charge in [0, 0.05) is 81.2 Å². The molecular weight excluding hydrogens is 532 g/mol. The van der Waals surface area contributed by atoms with Crippen molar-refractivity contribution in [3.05, 3.63) is 88.5 Å². The number of nitro groups is 1. The molecule has 2 aromatic carbocycles. The minimum Gasteiger partial charge on any atom is -0.352 e.